The number of rotatable bonds is 5. The predicted molar refractivity (Wildman–Crippen MR) is 109 cm³/mol. The Balaban J connectivity index is 1.88. The standard InChI is InChI=1S/C21H25F2N7O/c1-30-15(6-10-24-30)16-13-11-21(22,23)9-5-14(13)25-18(17(16)19-26-28-29-27-19)20(12-31-2)7-3-4-8-20/h6,10H,3-5,7-9,11-12H2,1-2H3,(H,26,27,28,29). The minimum Gasteiger partial charge on any atom is -0.384 e. The summed E-state index contributed by atoms with van der Waals surface area (Å²) in [6, 6.07) is 1.84. The summed E-state index contributed by atoms with van der Waals surface area (Å²) in [6.07, 6.45) is 5.30. The van der Waals surface area contributed by atoms with Crippen LogP contribution in [0.3, 0.4) is 0 Å². The van der Waals surface area contributed by atoms with Crippen LogP contribution in [0.15, 0.2) is 12.3 Å². The third-order valence-corrected chi connectivity index (χ3v) is 6.68. The van der Waals surface area contributed by atoms with Crippen LogP contribution in [0.4, 0.5) is 8.78 Å². The fraction of sp³-hybridized carbons (Fsp3) is 0.571. The number of aryl methyl sites for hydroxylation is 2. The van der Waals surface area contributed by atoms with Crippen LogP contribution in [0.2, 0.25) is 0 Å². The molecule has 0 radical (unpaired) electrons. The molecule has 10 heteroatoms. The van der Waals surface area contributed by atoms with E-state index < -0.39 is 5.92 Å². The van der Waals surface area contributed by atoms with Crippen molar-refractivity contribution in [2.24, 2.45) is 7.05 Å². The van der Waals surface area contributed by atoms with E-state index in [0.29, 0.717) is 29.1 Å². The van der Waals surface area contributed by atoms with Crippen molar-refractivity contribution in [3.8, 4) is 22.6 Å². The molecule has 1 N–H and O–H groups in total. The number of H-pyrrole nitrogens is 1. The Morgan fingerprint density at radius 1 is 1.19 bits per heavy atom. The summed E-state index contributed by atoms with van der Waals surface area (Å²) in [5.74, 6) is -2.42. The van der Waals surface area contributed by atoms with Gasteiger partial charge in [0.25, 0.3) is 5.92 Å². The highest BCUT2D eigenvalue weighted by Crippen LogP contribution is 2.49. The number of hydrogen-bond acceptors (Lipinski definition) is 6. The van der Waals surface area contributed by atoms with Crippen LogP contribution in [-0.2, 0) is 30.0 Å². The number of aromatic amines is 1. The van der Waals surface area contributed by atoms with Crippen LogP contribution in [-0.4, -0.2) is 55.0 Å². The van der Waals surface area contributed by atoms with E-state index in [2.05, 4.69) is 25.7 Å². The number of halogens is 2. The number of nitrogens with zero attached hydrogens (tertiary/aromatic N) is 6. The van der Waals surface area contributed by atoms with E-state index in [9.17, 15) is 8.78 Å². The Hall–Kier alpha value is -2.75. The Morgan fingerprint density at radius 3 is 2.65 bits per heavy atom. The van der Waals surface area contributed by atoms with Crippen LogP contribution < -0.4 is 0 Å². The molecule has 5 rings (SSSR count). The summed E-state index contributed by atoms with van der Waals surface area (Å²) >= 11 is 0. The van der Waals surface area contributed by atoms with Gasteiger partial charge in [-0.15, -0.1) is 10.2 Å². The van der Waals surface area contributed by atoms with E-state index in [4.69, 9.17) is 9.72 Å². The number of nitrogens with one attached hydrogen (secondary N) is 1. The van der Waals surface area contributed by atoms with Crippen LogP contribution in [0.5, 0.6) is 0 Å². The molecular weight excluding hydrogens is 404 g/mol. The van der Waals surface area contributed by atoms with Crippen molar-refractivity contribution in [1.29, 1.82) is 0 Å². The van der Waals surface area contributed by atoms with Crippen LogP contribution in [0.25, 0.3) is 22.6 Å². The Morgan fingerprint density at radius 2 is 2.00 bits per heavy atom. The maximum atomic E-state index is 14.6. The van der Waals surface area contributed by atoms with Gasteiger partial charge in [-0.05, 0) is 36.1 Å². The number of fused-ring (bicyclic) bond motifs is 1. The highest BCUT2D eigenvalue weighted by molar-refractivity contribution is 5.84. The maximum absolute atomic E-state index is 14.6. The predicted octanol–water partition coefficient (Wildman–Crippen LogP) is 3.24. The molecule has 0 atom stereocenters. The van der Waals surface area contributed by atoms with Gasteiger partial charge in [-0.2, -0.15) is 10.3 Å². The number of pyridine rings is 1. The monoisotopic (exact) mass is 429 g/mol. The Labute approximate surface area is 178 Å². The van der Waals surface area contributed by atoms with E-state index in [1.54, 1.807) is 18.0 Å². The summed E-state index contributed by atoms with van der Waals surface area (Å²) in [6.45, 7) is 0.505. The van der Waals surface area contributed by atoms with Crippen LogP contribution in [0, 0.1) is 0 Å². The lowest BCUT2D eigenvalue weighted by Crippen LogP contribution is -2.33. The van der Waals surface area contributed by atoms with E-state index in [1.807, 2.05) is 13.1 Å². The Kier molecular flexibility index (Phi) is 4.84. The van der Waals surface area contributed by atoms with Crippen molar-refractivity contribution in [2.45, 2.75) is 56.3 Å². The van der Waals surface area contributed by atoms with E-state index in [-0.39, 0.29) is 24.7 Å². The molecule has 2 aliphatic carbocycles. The van der Waals surface area contributed by atoms with Crippen molar-refractivity contribution in [3.05, 3.63) is 29.2 Å². The molecule has 0 bridgehead atoms. The van der Waals surface area contributed by atoms with Crippen molar-refractivity contribution in [1.82, 2.24) is 35.4 Å². The molecule has 8 nitrogen and oxygen atoms in total. The zero-order valence-corrected chi connectivity index (χ0v) is 17.7. The van der Waals surface area contributed by atoms with Crippen molar-refractivity contribution < 1.29 is 13.5 Å². The molecule has 164 valence electrons. The van der Waals surface area contributed by atoms with E-state index in [1.165, 1.54) is 0 Å². The summed E-state index contributed by atoms with van der Waals surface area (Å²) in [4.78, 5) is 5.04. The van der Waals surface area contributed by atoms with Gasteiger partial charge in [0.15, 0.2) is 0 Å². The van der Waals surface area contributed by atoms with Gasteiger partial charge < -0.3 is 4.74 Å². The first-order valence-electron chi connectivity index (χ1n) is 10.6. The highest BCUT2D eigenvalue weighted by atomic mass is 19.3. The molecule has 0 spiro atoms. The van der Waals surface area contributed by atoms with Gasteiger partial charge in [-0.25, -0.2) is 8.78 Å². The van der Waals surface area contributed by atoms with Gasteiger partial charge in [0.2, 0.25) is 5.82 Å². The molecule has 3 aromatic heterocycles. The topological polar surface area (TPSA) is 94.4 Å². The molecule has 3 aromatic rings. The molecule has 3 heterocycles. The lowest BCUT2D eigenvalue weighted by atomic mass is 9.76. The minimum absolute atomic E-state index is 0.198. The average molecular weight is 429 g/mol. The van der Waals surface area contributed by atoms with Crippen molar-refractivity contribution in [3.63, 3.8) is 0 Å². The number of hydrogen-bond donors (Lipinski definition) is 1. The maximum Gasteiger partial charge on any atom is 0.252 e. The van der Waals surface area contributed by atoms with Gasteiger partial charge in [-0.3, -0.25) is 9.67 Å². The fourth-order valence-corrected chi connectivity index (χ4v) is 5.27. The molecule has 2 aliphatic rings. The van der Waals surface area contributed by atoms with Crippen LogP contribution in [0.1, 0.15) is 49.1 Å². The van der Waals surface area contributed by atoms with Crippen molar-refractivity contribution in [2.75, 3.05) is 13.7 Å². The van der Waals surface area contributed by atoms with Crippen LogP contribution >= 0.6 is 0 Å². The third-order valence-electron chi connectivity index (χ3n) is 6.68. The molecule has 1 saturated carbocycles. The molecule has 0 amide bonds. The number of methoxy groups -OCH3 is 1. The molecule has 0 saturated heterocycles. The summed E-state index contributed by atoms with van der Waals surface area (Å²) in [5.41, 5.74) is 3.88. The van der Waals surface area contributed by atoms with Gasteiger partial charge in [-0.1, -0.05) is 12.8 Å². The number of alkyl halides is 2. The quantitative estimate of drug-likeness (QED) is 0.669. The SMILES string of the molecule is COCC1(c2nc3c(c(-c4ccnn4C)c2-c2nn[nH]n2)CC(F)(F)CC3)CCCC1. The summed E-state index contributed by atoms with van der Waals surface area (Å²) in [5, 5.41) is 19.1. The van der Waals surface area contributed by atoms with Gasteiger partial charge >= 0.3 is 0 Å². The first-order valence-corrected chi connectivity index (χ1v) is 10.6. The molecule has 31 heavy (non-hydrogen) atoms. The van der Waals surface area contributed by atoms with Gasteiger partial charge in [0, 0.05) is 49.9 Å². The van der Waals surface area contributed by atoms with E-state index in [0.717, 1.165) is 42.8 Å². The number of tetrazole rings is 1. The van der Waals surface area contributed by atoms with Crippen molar-refractivity contribution >= 4 is 0 Å². The second-order valence-corrected chi connectivity index (χ2v) is 8.66. The third kappa shape index (κ3) is 3.33. The van der Waals surface area contributed by atoms with E-state index >= 15 is 0 Å². The first kappa shape index (κ1) is 20.2. The lowest BCUT2D eigenvalue weighted by Gasteiger charge is -2.34. The largest absolute Gasteiger partial charge is 0.384 e. The normalized spacial score (nSPS) is 19.5. The minimum atomic E-state index is -2.78. The smallest absolute Gasteiger partial charge is 0.252 e. The van der Waals surface area contributed by atoms with Gasteiger partial charge in [0.05, 0.1) is 23.6 Å². The second-order valence-electron chi connectivity index (χ2n) is 8.66. The summed E-state index contributed by atoms with van der Waals surface area (Å²) in [7, 11) is 3.50. The number of ether oxygens (including phenoxy) is 1. The average Bonchev–Trinajstić information content (AvgIpc) is 3.49. The lowest BCUT2D eigenvalue weighted by molar-refractivity contribution is -0.0127. The highest BCUT2D eigenvalue weighted by Gasteiger charge is 2.44. The zero-order valence-electron chi connectivity index (χ0n) is 17.7. The first-order chi connectivity index (χ1) is 14.9. The van der Waals surface area contributed by atoms with Gasteiger partial charge in [0.1, 0.15) is 0 Å². The number of aromatic nitrogens is 7. The summed E-state index contributed by atoms with van der Waals surface area (Å²) < 4.78 is 36.5. The second kappa shape index (κ2) is 7.44. The molecule has 0 aliphatic heterocycles. The Bertz CT molecular complexity index is 1090. The molecule has 0 aromatic carbocycles. The zero-order chi connectivity index (χ0) is 21.6. The molecule has 1 fully saturated rings. The molecule has 0 unspecified atom stereocenters. The fourth-order valence-electron chi connectivity index (χ4n) is 5.27. The molecular formula is C21H25F2N7O.